The largest absolute Gasteiger partial charge is 0.365 e. The summed E-state index contributed by atoms with van der Waals surface area (Å²) in [5.41, 5.74) is 4.78. The predicted octanol–water partition coefficient (Wildman–Crippen LogP) is 4.78. The summed E-state index contributed by atoms with van der Waals surface area (Å²) in [5.74, 6) is -0.413. The summed E-state index contributed by atoms with van der Waals surface area (Å²) in [5, 5.41) is 4.10. The topological polar surface area (TPSA) is 38.7 Å². The van der Waals surface area contributed by atoms with Crippen molar-refractivity contribution in [3.05, 3.63) is 76.9 Å². The molecule has 3 nitrogen and oxygen atoms in total. The van der Waals surface area contributed by atoms with Crippen molar-refractivity contribution in [1.82, 2.24) is 0 Å². The lowest BCUT2D eigenvalue weighted by Crippen LogP contribution is -2.04. The van der Waals surface area contributed by atoms with Crippen LogP contribution in [-0.4, -0.2) is 11.7 Å². The van der Waals surface area contributed by atoms with Crippen LogP contribution in [0, 0.1) is 6.92 Å². The molecule has 1 aliphatic rings. The molecule has 0 aliphatic heterocycles. The van der Waals surface area contributed by atoms with Gasteiger partial charge < -0.3 is 4.84 Å². The zero-order valence-electron chi connectivity index (χ0n) is 13.2. The van der Waals surface area contributed by atoms with Crippen LogP contribution in [0.1, 0.15) is 40.7 Å². The van der Waals surface area contributed by atoms with Crippen molar-refractivity contribution in [2.24, 2.45) is 5.16 Å². The van der Waals surface area contributed by atoms with Crippen LogP contribution < -0.4 is 0 Å². The summed E-state index contributed by atoms with van der Waals surface area (Å²) < 4.78 is 0. The van der Waals surface area contributed by atoms with E-state index in [1.54, 1.807) is 12.1 Å². The lowest BCUT2D eigenvalue weighted by Gasteiger charge is -2.02. The molecule has 0 heterocycles. The van der Waals surface area contributed by atoms with Gasteiger partial charge in [0.25, 0.3) is 0 Å². The van der Waals surface area contributed by atoms with E-state index in [1.807, 2.05) is 37.3 Å². The fraction of sp³-hybridized carbons (Fsp3) is 0.200. The van der Waals surface area contributed by atoms with Crippen molar-refractivity contribution in [3.63, 3.8) is 0 Å². The Hall–Kier alpha value is -2.68. The van der Waals surface area contributed by atoms with Crippen LogP contribution in [0.2, 0.25) is 0 Å². The van der Waals surface area contributed by atoms with Crippen LogP contribution in [0.25, 0.3) is 6.08 Å². The van der Waals surface area contributed by atoms with Gasteiger partial charge in [-0.15, -0.1) is 0 Å². The molecule has 1 saturated carbocycles. The average Bonchev–Trinajstić information content (AvgIpc) is 3.01. The van der Waals surface area contributed by atoms with Gasteiger partial charge in [0, 0.05) is 0 Å². The molecule has 1 aliphatic carbocycles. The first-order valence-corrected chi connectivity index (χ1v) is 7.83. The van der Waals surface area contributed by atoms with E-state index in [-0.39, 0.29) is 0 Å². The van der Waals surface area contributed by atoms with E-state index in [2.05, 4.69) is 23.4 Å². The van der Waals surface area contributed by atoms with E-state index in [0.717, 1.165) is 41.7 Å². The molecule has 3 rings (SSSR count). The highest BCUT2D eigenvalue weighted by Crippen LogP contribution is 2.24. The molecule has 3 heteroatoms. The number of hydrogen-bond acceptors (Lipinski definition) is 3. The Balaban J connectivity index is 1.72. The monoisotopic (exact) mass is 305 g/mol. The van der Waals surface area contributed by atoms with Crippen LogP contribution in [0.5, 0.6) is 0 Å². The molecule has 1 fully saturated rings. The summed E-state index contributed by atoms with van der Waals surface area (Å²) in [6.45, 7) is 1.98. The van der Waals surface area contributed by atoms with Gasteiger partial charge in [0.2, 0.25) is 0 Å². The Morgan fingerprint density at radius 2 is 1.78 bits per heavy atom. The van der Waals surface area contributed by atoms with Crippen molar-refractivity contribution in [2.45, 2.75) is 26.2 Å². The summed E-state index contributed by atoms with van der Waals surface area (Å²) in [6.07, 6.45) is 4.97. The maximum atomic E-state index is 12.0. The fourth-order valence-corrected chi connectivity index (χ4v) is 2.60. The smallest absolute Gasteiger partial charge is 0.313 e. The first-order valence-electron chi connectivity index (χ1n) is 7.83. The third-order valence-electron chi connectivity index (χ3n) is 3.90. The first kappa shape index (κ1) is 15.2. The van der Waals surface area contributed by atoms with Gasteiger partial charge in [-0.25, -0.2) is 4.79 Å². The number of oxime groups is 1. The third-order valence-corrected chi connectivity index (χ3v) is 3.90. The van der Waals surface area contributed by atoms with Crippen LogP contribution in [0.4, 0.5) is 0 Å². The quantitative estimate of drug-likeness (QED) is 0.605. The number of rotatable bonds is 3. The minimum Gasteiger partial charge on any atom is -0.313 e. The highest BCUT2D eigenvalue weighted by Gasteiger charge is 2.17. The van der Waals surface area contributed by atoms with Gasteiger partial charge in [-0.1, -0.05) is 53.2 Å². The standard InChI is InChI=1S/C20H19NO2/c1-15-10-12-17(13-11-15)20(22)23-21-19-9-5-8-18(19)14-16-6-3-2-4-7-16/h2-4,6-7,10-14H,5,8-9H2,1H3/b18-14+,21-19+. The molecule has 0 atom stereocenters. The maximum absolute atomic E-state index is 12.0. The van der Waals surface area contributed by atoms with Crippen molar-refractivity contribution < 1.29 is 9.63 Å². The molecular formula is C20H19NO2. The summed E-state index contributed by atoms with van der Waals surface area (Å²) in [6, 6.07) is 17.4. The van der Waals surface area contributed by atoms with E-state index in [1.165, 1.54) is 0 Å². The molecule has 0 bridgehead atoms. The van der Waals surface area contributed by atoms with Gasteiger partial charge in [-0.2, -0.15) is 0 Å². The van der Waals surface area contributed by atoms with Crippen LogP contribution in [0.15, 0.2) is 65.3 Å². The third kappa shape index (κ3) is 3.95. The molecule has 23 heavy (non-hydrogen) atoms. The molecule has 2 aromatic carbocycles. The molecule has 0 radical (unpaired) electrons. The molecule has 0 saturated heterocycles. The van der Waals surface area contributed by atoms with Gasteiger partial charge >= 0.3 is 5.97 Å². The predicted molar refractivity (Wildman–Crippen MR) is 92.3 cm³/mol. The number of allylic oxidation sites excluding steroid dienone is 1. The zero-order valence-corrected chi connectivity index (χ0v) is 13.2. The molecule has 0 unspecified atom stereocenters. The van der Waals surface area contributed by atoms with E-state index in [4.69, 9.17) is 4.84 Å². The molecule has 0 N–H and O–H groups in total. The van der Waals surface area contributed by atoms with E-state index < -0.39 is 5.97 Å². The summed E-state index contributed by atoms with van der Waals surface area (Å²) in [4.78, 5) is 17.2. The van der Waals surface area contributed by atoms with Crippen molar-refractivity contribution >= 4 is 17.8 Å². The lowest BCUT2D eigenvalue weighted by atomic mass is 10.1. The minimum atomic E-state index is -0.413. The number of hydrogen-bond donors (Lipinski definition) is 0. The number of carbonyl (C=O) groups is 1. The highest BCUT2D eigenvalue weighted by atomic mass is 16.7. The molecule has 0 aromatic heterocycles. The number of benzene rings is 2. The van der Waals surface area contributed by atoms with Crippen LogP contribution in [0.3, 0.4) is 0 Å². The van der Waals surface area contributed by atoms with Crippen LogP contribution in [-0.2, 0) is 4.84 Å². The fourth-order valence-electron chi connectivity index (χ4n) is 2.60. The maximum Gasteiger partial charge on any atom is 0.365 e. The van der Waals surface area contributed by atoms with Crippen molar-refractivity contribution in [1.29, 1.82) is 0 Å². The second kappa shape index (κ2) is 7.05. The Morgan fingerprint density at radius 3 is 2.52 bits per heavy atom. The second-order valence-corrected chi connectivity index (χ2v) is 5.72. The Labute approximate surface area is 136 Å². The first-order chi connectivity index (χ1) is 11.2. The summed E-state index contributed by atoms with van der Waals surface area (Å²) >= 11 is 0. The number of aryl methyl sites for hydroxylation is 1. The van der Waals surface area contributed by atoms with Crippen LogP contribution >= 0.6 is 0 Å². The van der Waals surface area contributed by atoms with Crippen molar-refractivity contribution in [2.75, 3.05) is 0 Å². The zero-order chi connectivity index (χ0) is 16.1. The number of nitrogens with zero attached hydrogens (tertiary/aromatic N) is 1. The second-order valence-electron chi connectivity index (χ2n) is 5.72. The van der Waals surface area contributed by atoms with Gasteiger partial charge in [0.05, 0.1) is 11.3 Å². The SMILES string of the molecule is Cc1ccc(C(=O)O/N=C2\CCC\C2=C/c2ccccc2)cc1. The van der Waals surface area contributed by atoms with Gasteiger partial charge in [-0.05, 0) is 55.5 Å². The molecule has 2 aromatic rings. The molecule has 0 amide bonds. The highest BCUT2D eigenvalue weighted by molar-refractivity contribution is 6.05. The Kier molecular flexibility index (Phi) is 4.67. The van der Waals surface area contributed by atoms with E-state index in [9.17, 15) is 4.79 Å². The molecular weight excluding hydrogens is 286 g/mol. The Bertz CT molecular complexity index is 743. The van der Waals surface area contributed by atoms with Crippen molar-refractivity contribution in [3.8, 4) is 0 Å². The van der Waals surface area contributed by atoms with Gasteiger partial charge in [0.1, 0.15) is 0 Å². The van der Waals surface area contributed by atoms with E-state index >= 15 is 0 Å². The summed E-state index contributed by atoms with van der Waals surface area (Å²) in [7, 11) is 0. The Morgan fingerprint density at radius 1 is 1.04 bits per heavy atom. The normalized spacial score (nSPS) is 17.6. The number of carbonyl (C=O) groups excluding carboxylic acids is 1. The lowest BCUT2D eigenvalue weighted by molar-refractivity contribution is 0.0516. The average molecular weight is 305 g/mol. The molecule has 116 valence electrons. The van der Waals surface area contributed by atoms with Gasteiger partial charge in [-0.3, -0.25) is 0 Å². The molecule has 0 spiro atoms. The minimum absolute atomic E-state index is 0.413. The van der Waals surface area contributed by atoms with Gasteiger partial charge in [0.15, 0.2) is 0 Å². The van der Waals surface area contributed by atoms with E-state index in [0.29, 0.717) is 5.56 Å².